The molecule has 26 heavy (non-hydrogen) atoms. The summed E-state index contributed by atoms with van der Waals surface area (Å²) in [5.41, 5.74) is 10.2. The fourth-order valence-corrected chi connectivity index (χ4v) is 3.48. The first-order valence-corrected chi connectivity index (χ1v) is 9.05. The minimum absolute atomic E-state index is 1.25. The Morgan fingerprint density at radius 1 is 0.346 bits per heavy atom. The second-order valence-electron chi connectivity index (χ2n) is 6.78. The van der Waals surface area contributed by atoms with Gasteiger partial charge in [0.15, 0.2) is 0 Å². The molecule has 0 aliphatic carbocycles. The van der Waals surface area contributed by atoms with Crippen LogP contribution in [0.1, 0.15) is 11.1 Å². The van der Waals surface area contributed by atoms with E-state index in [0.717, 1.165) is 0 Å². The van der Waals surface area contributed by atoms with Crippen molar-refractivity contribution in [2.24, 2.45) is 0 Å². The standard InChI is InChI=1S/C26H22/c1-19-7-3-5-9-25(19)23-15-11-21(12-16-23)22-13-17-24(18-14-22)26-10-6-4-8-20(26)2/h3-18H,1-2H3. The normalized spacial score (nSPS) is 10.7. The van der Waals surface area contributed by atoms with Crippen molar-refractivity contribution in [2.45, 2.75) is 13.8 Å². The van der Waals surface area contributed by atoms with E-state index < -0.39 is 0 Å². The molecule has 0 aliphatic heterocycles. The minimum atomic E-state index is 1.25. The summed E-state index contributed by atoms with van der Waals surface area (Å²) in [6, 6.07) is 34.8. The molecule has 0 nitrogen and oxygen atoms in total. The maximum Gasteiger partial charge on any atom is -0.0155 e. The molecule has 0 spiro atoms. The first-order chi connectivity index (χ1) is 12.7. The molecule has 4 rings (SSSR count). The van der Waals surface area contributed by atoms with Gasteiger partial charge in [-0.1, -0.05) is 97.1 Å². The topological polar surface area (TPSA) is 0 Å². The van der Waals surface area contributed by atoms with E-state index in [4.69, 9.17) is 0 Å². The predicted octanol–water partition coefficient (Wildman–Crippen LogP) is 7.30. The predicted molar refractivity (Wildman–Crippen MR) is 112 cm³/mol. The molecule has 0 fully saturated rings. The fraction of sp³-hybridized carbons (Fsp3) is 0.0769. The lowest BCUT2D eigenvalue weighted by molar-refractivity contribution is 1.45. The van der Waals surface area contributed by atoms with Gasteiger partial charge in [0.05, 0.1) is 0 Å². The minimum Gasteiger partial charge on any atom is -0.0620 e. The van der Waals surface area contributed by atoms with Gasteiger partial charge in [-0.3, -0.25) is 0 Å². The van der Waals surface area contributed by atoms with E-state index in [2.05, 4.69) is 111 Å². The first kappa shape index (κ1) is 16.4. The summed E-state index contributed by atoms with van der Waals surface area (Å²) in [4.78, 5) is 0. The van der Waals surface area contributed by atoms with Gasteiger partial charge >= 0.3 is 0 Å². The molecule has 0 heterocycles. The van der Waals surface area contributed by atoms with Crippen molar-refractivity contribution < 1.29 is 0 Å². The molecule has 0 radical (unpaired) electrons. The zero-order valence-electron chi connectivity index (χ0n) is 15.2. The van der Waals surface area contributed by atoms with Crippen LogP contribution in [0.3, 0.4) is 0 Å². The lowest BCUT2D eigenvalue weighted by atomic mass is 9.95. The quantitative estimate of drug-likeness (QED) is 0.368. The highest BCUT2D eigenvalue weighted by Crippen LogP contribution is 2.29. The van der Waals surface area contributed by atoms with Crippen LogP contribution in [-0.4, -0.2) is 0 Å². The maximum atomic E-state index is 2.22. The average molecular weight is 334 g/mol. The van der Waals surface area contributed by atoms with Crippen LogP contribution in [0.15, 0.2) is 97.1 Å². The van der Waals surface area contributed by atoms with Gasteiger partial charge in [-0.2, -0.15) is 0 Å². The van der Waals surface area contributed by atoms with Crippen LogP contribution >= 0.6 is 0 Å². The monoisotopic (exact) mass is 334 g/mol. The van der Waals surface area contributed by atoms with Crippen LogP contribution in [0.5, 0.6) is 0 Å². The molecule has 126 valence electrons. The Morgan fingerprint density at radius 3 is 1.00 bits per heavy atom. The molecule has 0 bridgehead atoms. The van der Waals surface area contributed by atoms with Crippen molar-refractivity contribution in [3.63, 3.8) is 0 Å². The van der Waals surface area contributed by atoms with Gasteiger partial charge in [-0.25, -0.2) is 0 Å². The van der Waals surface area contributed by atoms with E-state index in [-0.39, 0.29) is 0 Å². The van der Waals surface area contributed by atoms with Gasteiger partial charge in [0.25, 0.3) is 0 Å². The van der Waals surface area contributed by atoms with Crippen molar-refractivity contribution in [1.82, 2.24) is 0 Å². The Labute approximate surface area is 155 Å². The number of aryl methyl sites for hydroxylation is 2. The molecular weight excluding hydrogens is 312 g/mol. The maximum absolute atomic E-state index is 2.22. The third-order valence-electron chi connectivity index (χ3n) is 5.02. The SMILES string of the molecule is Cc1ccccc1-c1ccc(-c2ccc(-c3ccccc3C)cc2)cc1. The third kappa shape index (κ3) is 3.19. The number of hydrogen-bond donors (Lipinski definition) is 0. The zero-order valence-corrected chi connectivity index (χ0v) is 15.2. The summed E-state index contributed by atoms with van der Waals surface area (Å²) in [7, 11) is 0. The number of rotatable bonds is 3. The van der Waals surface area contributed by atoms with E-state index in [1.165, 1.54) is 44.5 Å². The molecule has 0 aromatic heterocycles. The molecule has 0 aliphatic rings. The Hall–Kier alpha value is -3.12. The Balaban J connectivity index is 1.62. The smallest absolute Gasteiger partial charge is 0.0155 e. The molecule has 0 N–H and O–H groups in total. The van der Waals surface area contributed by atoms with E-state index in [0.29, 0.717) is 0 Å². The Bertz CT molecular complexity index is 935. The molecule has 0 amide bonds. The van der Waals surface area contributed by atoms with E-state index in [1.54, 1.807) is 0 Å². The largest absolute Gasteiger partial charge is 0.0620 e. The molecule has 0 saturated heterocycles. The zero-order chi connectivity index (χ0) is 17.9. The van der Waals surface area contributed by atoms with Crippen molar-refractivity contribution in [3.05, 3.63) is 108 Å². The highest BCUT2D eigenvalue weighted by atomic mass is 14.1. The summed E-state index contributed by atoms with van der Waals surface area (Å²) < 4.78 is 0. The number of hydrogen-bond acceptors (Lipinski definition) is 0. The van der Waals surface area contributed by atoms with Gasteiger partial charge < -0.3 is 0 Å². The van der Waals surface area contributed by atoms with Gasteiger partial charge in [0.2, 0.25) is 0 Å². The van der Waals surface area contributed by atoms with Crippen LogP contribution in [0.2, 0.25) is 0 Å². The Morgan fingerprint density at radius 2 is 0.654 bits per heavy atom. The molecule has 0 saturated carbocycles. The van der Waals surface area contributed by atoms with Gasteiger partial charge in [0.1, 0.15) is 0 Å². The van der Waals surface area contributed by atoms with E-state index in [1.807, 2.05) is 0 Å². The van der Waals surface area contributed by atoms with Crippen LogP contribution in [0.25, 0.3) is 33.4 Å². The van der Waals surface area contributed by atoms with Crippen molar-refractivity contribution >= 4 is 0 Å². The summed E-state index contributed by atoms with van der Waals surface area (Å²) in [6.07, 6.45) is 0. The first-order valence-electron chi connectivity index (χ1n) is 9.05. The van der Waals surface area contributed by atoms with Crippen LogP contribution in [0, 0.1) is 13.8 Å². The molecular formula is C26H22. The lowest BCUT2D eigenvalue weighted by Gasteiger charge is -2.09. The number of benzene rings is 4. The van der Waals surface area contributed by atoms with Crippen molar-refractivity contribution in [1.29, 1.82) is 0 Å². The van der Waals surface area contributed by atoms with E-state index in [9.17, 15) is 0 Å². The summed E-state index contributed by atoms with van der Waals surface area (Å²) in [5.74, 6) is 0. The van der Waals surface area contributed by atoms with Crippen molar-refractivity contribution in [2.75, 3.05) is 0 Å². The molecule has 0 unspecified atom stereocenters. The second kappa shape index (κ2) is 7.01. The van der Waals surface area contributed by atoms with Crippen LogP contribution in [-0.2, 0) is 0 Å². The summed E-state index contributed by atoms with van der Waals surface area (Å²) >= 11 is 0. The highest BCUT2D eigenvalue weighted by molar-refractivity contribution is 5.75. The van der Waals surface area contributed by atoms with Crippen molar-refractivity contribution in [3.8, 4) is 33.4 Å². The second-order valence-corrected chi connectivity index (χ2v) is 6.78. The molecule has 4 aromatic carbocycles. The fourth-order valence-electron chi connectivity index (χ4n) is 3.48. The van der Waals surface area contributed by atoms with Crippen LogP contribution in [0.4, 0.5) is 0 Å². The van der Waals surface area contributed by atoms with Gasteiger partial charge in [0, 0.05) is 0 Å². The summed E-state index contributed by atoms with van der Waals surface area (Å²) in [5, 5.41) is 0. The van der Waals surface area contributed by atoms with Crippen LogP contribution < -0.4 is 0 Å². The molecule has 0 heteroatoms. The van der Waals surface area contributed by atoms with Gasteiger partial charge in [-0.05, 0) is 58.4 Å². The van der Waals surface area contributed by atoms with Gasteiger partial charge in [-0.15, -0.1) is 0 Å². The molecule has 0 atom stereocenters. The summed E-state index contributed by atoms with van der Waals surface area (Å²) in [6.45, 7) is 4.32. The Kier molecular flexibility index (Phi) is 4.41. The van der Waals surface area contributed by atoms with E-state index >= 15 is 0 Å². The third-order valence-corrected chi connectivity index (χ3v) is 5.02. The molecule has 4 aromatic rings. The lowest BCUT2D eigenvalue weighted by Crippen LogP contribution is -1.85. The average Bonchev–Trinajstić information content (AvgIpc) is 2.69. The highest BCUT2D eigenvalue weighted by Gasteiger charge is 2.04.